The van der Waals surface area contributed by atoms with Crippen LogP contribution in [0.4, 0.5) is 5.82 Å². The molecule has 0 aliphatic carbocycles. The smallest absolute Gasteiger partial charge is 0.135 e. The number of ether oxygens (including phenoxy) is 1. The minimum Gasteiger partial charge on any atom is -0.370 e. The van der Waals surface area contributed by atoms with Gasteiger partial charge in [-0.1, -0.05) is 6.92 Å². The number of nitrogens with zero attached hydrogens (tertiary/aromatic N) is 3. The first-order valence-corrected chi connectivity index (χ1v) is 9.22. The Bertz CT molecular complexity index is 632. The molecule has 23 heavy (non-hydrogen) atoms. The number of nitrogens with one attached hydrogen (secondary N) is 1. The van der Waals surface area contributed by atoms with Crippen molar-refractivity contribution < 1.29 is 4.74 Å². The Morgan fingerprint density at radius 2 is 2.09 bits per heavy atom. The highest BCUT2D eigenvalue weighted by molar-refractivity contribution is 7.99. The molecule has 3 rings (SSSR count). The van der Waals surface area contributed by atoms with Crippen molar-refractivity contribution in [3.63, 3.8) is 0 Å². The number of nitriles is 1. The predicted octanol–water partition coefficient (Wildman–Crippen LogP) is 2.33. The molecule has 124 valence electrons. The van der Waals surface area contributed by atoms with Gasteiger partial charge in [0.05, 0.1) is 17.8 Å². The van der Waals surface area contributed by atoms with Crippen LogP contribution in [0.15, 0.2) is 5.03 Å². The summed E-state index contributed by atoms with van der Waals surface area (Å²) >= 11 is 1.66. The molecule has 0 saturated carbocycles. The lowest BCUT2D eigenvalue weighted by atomic mass is 9.89. The summed E-state index contributed by atoms with van der Waals surface area (Å²) in [6.45, 7) is 10.7. The van der Waals surface area contributed by atoms with E-state index < -0.39 is 0 Å². The van der Waals surface area contributed by atoms with Crippen LogP contribution in [0.25, 0.3) is 0 Å². The van der Waals surface area contributed by atoms with E-state index in [1.807, 2.05) is 0 Å². The van der Waals surface area contributed by atoms with E-state index in [2.05, 4.69) is 37.1 Å². The Kier molecular flexibility index (Phi) is 4.81. The summed E-state index contributed by atoms with van der Waals surface area (Å²) in [5.74, 6) is 1.94. The third-order valence-corrected chi connectivity index (χ3v) is 5.23. The normalized spacial score (nSPS) is 20.0. The third kappa shape index (κ3) is 3.32. The van der Waals surface area contributed by atoms with Gasteiger partial charge in [0, 0.05) is 38.2 Å². The number of piperazine rings is 1. The van der Waals surface area contributed by atoms with Crippen molar-refractivity contribution in [2.75, 3.05) is 36.8 Å². The van der Waals surface area contributed by atoms with Crippen LogP contribution < -0.4 is 10.2 Å². The van der Waals surface area contributed by atoms with Gasteiger partial charge in [-0.2, -0.15) is 5.26 Å². The van der Waals surface area contributed by atoms with Gasteiger partial charge in [-0.3, -0.25) is 0 Å². The van der Waals surface area contributed by atoms with E-state index in [4.69, 9.17) is 9.72 Å². The minimum atomic E-state index is -0.227. The van der Waals surface area contributed by atoms with Gasteiger partial charge >= 0.3 is 0 Å². The molecule has 1 fully saturated rings. The summed E-state index contributed by atoms with van der Waals surface area (Å²) in [5.41, 5.74) is 2.78. The van der Waals surface area contributed by atoms with Crippen molar-refractivity contribution in [1.29, 1.82) is 5.26 Å². The SMILES string of the molecule is CCSc1nc(N2CCNCC2)c2c(c1C#N)CC(C)(C)OC2. The average molecular weight is 332 g/mol. The zero-order valence-corrected chi connectivity index (χ0v) is 14.9. The molecular formula is C17H24N4OS. The molecule has 5 nitrogen and oxygen atoms in total. The van der Waals surface area contributed by atoms with Crippen molar-refractivity contribution in [3.05, 3.63) is 16.7 Å². The fourth-order valence-electron chi connectivity index (χ4n) is 3.22. The first kappa shape index (κ1) is 16.6. The zero-order valence-electron chi connectivity index (χ0n) is 14.1. The van der Waals surface area contributed by atoms with E-state index in [-0.39, 0.29) is 5.60 Å². The molecule has 6 heteroatoms. The summed E-state index contributed by atoms with van der Waals surface area (Å²) in [7, 11) is 0. The van der Waals surface area contributed by atoms with Crippen molar-refractivity contribution in [2.24, 2.45) is 0 Å². The van der Waals surface area contributed by atoms with Crippen LogP contribution >= 0.6 is 11.8 Å². The summed E-state index contributed by atoms with van der Waals surface area (Å²) < 4.78 is 6.02. The molecule has 0 aromatic carbocycles. The fourth-order valence-corrected chi connectivity index (χ4v) is 3.96. The lowest BCUT2D eigenvalue weighted by molar-refractivity contribution is -0.0402. The molecule has 1 aromatic heterocycles. The van der Waals surface area contributed by atoms with Gasteiger partial charge in [-0.05, 0) is 25.2 Å². The highest BCUT2D eigenvalue weighted by Crippen LogP contribution is 2.38. The van der Waals surface area contributed by atoms with Gasteiger partial charge in [0.1, 0.15) is 16.9 Å². The second-order valence-corrected chi connectivity index (χ2v) is 7.83. The van der Waals surface area contributed by atoms with Gasteiger partial charge in [0.15, 0.2) is 0 Å². The first-order valence-electron chi connectivity index (χ1n) is 8.24. The van der Waals surface area contributed by atoms with Crippen LogP contribution in [0.3, 0.4) is 0 Å². The van der Waals surface area contributed by atoms with E-state index in [1.54, 1.807) is 11.8 Å². The van der Waals surface area contributed by atoms with E-state index >= 15 is 0 Å². The monoisotopic (exact) mass is 332 g/mol. The van der Waals surface area contributed by atoms with Crippen LogP contribution in [0.2, 0.25) is 0 Å². The number of fused-ring (bicyclic) bond motifs is 1. The first-order chi connectivity index (χ1) is 11.1. The predicted molar refractivity (Wildman–Crippen MR) is 93.0 cm³/mol. The number of hydrogen-bond donors (Lipinski definition) is 1. The van der Waals surface area contributed by atoms with Crippen molar-refractivity contribution >= 4 is 17.6 Å². The van der Waals surface area contributed by atoms with Gasteiger partial charge in [-0.15, -0.1) is 11.8 Å². The van der Waals surface area contributed by atoms with Crippen LogP contribution in [-0.2, 0) is 17.8 Å². The van der Waals surface area contributed by atoms with Crippen LogP contribution in [-0.4, -0.2) is 42.5 Å². The lowest BCUT2D eigenvalue weighted by Gasteiger charge is -2.37. The molecule has 0 bridgehead atoms. The highest BCUT2D eigenvalue weighted by Gasteiger charge is 2.33. The van der Waals surface area contributed by atoms with Crippen molar-refractivity contribution in [3.8, 4) is 6.07 Å². The minimum absolute atomic E-state index is 0.227. The highest BCUT2D eigenvalue weighted by atomic mass is 32.2. The van der Waals surface area contributed by atoms with E-state index in [0.29, 0.717) is 6.61 Å². The Morgan fingerprint density at radius 3 is 2.74 bits per heavy atom. The Balaban J connectivity index is 2.12. The molecule has 1 aromatic rings. The lowest BCUT2D eigenvalue weighted by Crippen LogP contribution is -2.45. The van der Waals surface area contributed by atoms with Gasteiger partial charge < -0.3 is 15.0 Å². The molecular weight excluding hydrogens is 308 g/mol. The molecule has 2 aliphatic heterocycles. The number of thioether (sulfide) groups is 1. The maximum Gasteiger partial charge on any atom is 0.135 e. The molecule has 2 aliphatic rings. The molecule has 0 radical (unpaired) electrons. The summed E-state index contributed by atoms with van der Waals surface area (Å²) in [4.78, 5) is 7.21. The number of anilines is 1. The second-order valence-electron chi connectivity index (χ2n) is 6.58. The summed E-state index contributed by atoms with van der Waals surface area (Å²) in [6, 6.07) is 2.41. The Morgan fingerprint density at radius 1 is 1.35 bits per heavy atom. The largest absolute Gasteiger partial charge is 0.370 e. The number of aromatic nitrogens is 1. The molecule has 1 saturated heterocycles. The van der Waals surface area contributed by atoms with E-state index in [1.165, 1.54) is 0 Å². The van der Waals surface area contributed by atoms with Crippen molar-refractivity contribution in [1.82, 2.24) is 10.3 Å². The maximum atomic E-state index is 9.70. The summed E-state index contributed by atoms with van der Waals surface area (Å²) in [5, 5.41) is 14.0. The zero-order chi connectivity index (χ0) is 16.4. The Labute approximate surface area is 142 Å². The summed E-state index contributed by atoms with van der Waals surface area (Å²) in [6.07, 6.45) is 0.768. The molecule has 0 amide bonds. The van der Waals surface area contributed by atoms with Gasteiger partial charge in [-0.25, -0.2) is 4.98 Å². The van der Waals surface area contributed by atoms with Gasteiger partial charge in [0.25, 0.3) is 0 Å². The number of rotatable bonds is 3. The van der Waals surface area contributed by atoms with E-state index in [9.17, 15) is 5.26 Å². The number of pyridine rings is 1. The van der Waals surface area contributed by atoms with Crippen LogP contribution in [0.1, 0.15) is 37.5 Å². The molecule has 0 spiro atoms. The van der Waals surface area contributed by atoms with Crippen LogP contribution in [0.5, 0.6) is 0 Å². The van der Waals surface area contributed by atoms with Gasteiger partial charge in [0.2, 0.25) is 0 Å². The standard InChI is InChI=1S/C17H24N4OS/c1-4-23-16-13(10-18)12-9-17(2,3)22-11-14(12)15(20-16)21-7-5-19-6-8-21/h19H,4-9,11H2,1-3H3. The molecule has 0 unspecified atom stereocenters. The molecule has 0 atom stereocenters. The Hall–Kier alpha value is -1.29. The third-order valence-electron chi connectivity index (χ3n) is 4.38. The second kappa shape index (κ2) is 6.68. The average Bonchev–Trinajstić information content (AvgIpc) is 2.54. The maximum absolute atomic E-state index is 9.70. The van der Waals surface area contributed by atoms with Crippen molar-refractivity contribution in [2.45, 2.75) is 44.4 Å². The molecule has 1 N–H and O–H groups in total. The fraction of sp³-hybridized carbons (Fsp3) is 0.647. The quantitative estimate of drug-likeness (QED) is 0.857. The van der Waals surface area contributed by atoms with Crippen LogP contribution in [0, 0.1) is 11.3 Å². The number of hydrogen-bond acceptors (Lipinski definition) is 6. The molecule has 3 heterocycles. The topological polar surface area (TPSA) is 61.2 Å². The van der Waals surface area contributed by atoms with E-state index in [0.717, 1.165) is 65.9 Å².